The van der Waals surface area contributed by atoms with Gasteiger partial charge in [0.2, 0.25) is 0 Å². The number of aromatic nitrogens is 1. The number of pyridine rings is 1. The Balaban J connectivity index is 0.000000821. The zero-order valence-corrected chi connectivity index (χ0v) is 18.4. The summed E-state index contributed by atoms with van der Waals surface area (Å²) >= 11 is 6.29. The minimum absolute atomic E-state index is 0.0359. The van der Waals surface area contributed by atoms with Crippen molar-refractivity contribution >= 4 is 41.7 Å². The van der Waals surface area contributed by atoms with E-state index < -0.39 is 6.09 Å². The molecule has 3 heterocycles. The van der Waals surface area contributed by atoms with Crippen LogP contribution in [0.2, 0.25) is 5.02 Å². The maximum Gasteiger partial charge on any atom is 0.416 e. The molecule has 33 heavy (non-hydrogen) atoms. The number of nitrogens with zero attached hydrogens (tertiary/aromatic N) is 2. The van der Waals surface area contributed by atoms with Crippen LogP contribution in [0.4, 0.5) is 16.4 Å². The maximum atomic E-state index is 12.3. The minimum atomic E-state index is -0.447. The number of nitrogens with one attached hydrogen (secondary N) is 2. The molecule has 2 aliphatic heterocycles. The van der Waals surface area contributed by atoms with Crippen LogP contribution in [-0.2, 0) is 27.2 Å². The summed E-state index contributed by atoms with van der Waals surface area (Å²) in [5, 5.41) is 13.8. The number of fused-ring (bicyclic) bond motifs is 2. The Morgan fingerprint density at radius 3 is 2.85 bits per heavy atom. The maximum absolute atomic E-state index is 12.3. The van der Waals surface area contributed by atoms with E-state index in [1.165, 1.54) is 16.0 Å². The number of carbonyl (C=O) groups excluding carboxylic acids is 2. The van der Waals surface area contributed by atoms with Crippen LogP contribution >= 0.6 is 11.6 Å². The monoisotopic (exact) mass is 474 g/mol. The molecular weight excluding hydrogens is 452 g/mol. The van der Waals surface area contributed by atoms with E-state index in [0.717, 1.165) is 24.4 Å². The van der Waals surface area contributed by atoms with Crippen LogP contribution in [0.5, 0.6) is 5.75 Å². The molecule has 1 aromatic heterocycles. The predicted octanol–water partition coefficient (Wildman–Crippen LogP) is 2.10. The van der Waals surface area contributed by atoms with Gasteiger partial charge in [-0.15, -0.1) is 0 Å². The molecule has 0 radical (unpaired) electrons. The molecule has 0 bridgehead atoms. The van der Waals surface area contributed by atoms with E-state index in [-0.39, 0.29) is 25.1 Å². The Hall–Kier alpha value is -3.37. The molecule has 3 aliphatic rings. The summed E-state index contributed by atoms with van der Waals surface area (Å²) in [5.41, 5.74) is 2.57. The summed E-state index contributed by atoms with van der Waals surface area (Å²) in [6, 6.07) is 9.45. The lowest BCUT2D eigenvalue weighted by atomic mass is 10.1. The number of ether oxygens (including phenoxy) is 2. The first-order valence-corrected chi connectivity index (χ1v) is 10.8. The van der Waals surface area contributed by atoms with Crippen molar-refractivity contribution in [2.45, 2.75) is 18.9 Å². The average molecular weight is 475 g/mol. The van der Waals surface area contributed by atoms with E-state index in [1.54, 1.807) is 12.1 Å². The highest BCUT2D eigenvalue weighted by molar-refractivity contribution is 6.31. The van der Waals surface area contributed by atoms with Gasteiger partial charge in [-0.1, -0.05) is 23.7 Å². The highest BCUT2D eigenvalue weighted by atomic mass is 35.5. The van der Waals surface area contributed by atoms with Gasteiger partial charge in [0.1, 0.15) is 11.9 Å². The van der Waals surface area contributed by atoms with Crippen molar-refractivity contribution in [2.75, 3.05) is 36.5 Å². The number of anilines is 2. The Morgan fingerprint density at radius 1 is 1.24 bits per heavy atom. The van der Waals surface area contributed by atoms with Gasteiger partial charge in [-0.3, -0.25) is 14.5 Å². The second kappa shape index (κ2) is 10.1. The second-order valence-electron chi connectivity index (χ2n) is 7.88. The van der Waals surface area contributed by atoms with Gasteiger partial charge in [-0.05, 0) is 54.6 Å². The molecule has 1 aliphatic carbocycles. The van der Waals surface area contributed by atoms with Gasteiger partial charge in [-0.2, -0.15) is 0 Å². The summed E-state index contributed by atoms with van der Waals surface area (Å²) in [5.74, 6) is 1.44. The average Bonchev–Trinajstić information content (AvgIpc) is 3.38. The van der Waals surface area contributed by atoms with Crippen molar-refractivity contribution < 1.29 is 29.0 Å². The van der Waals surface area contributed by atoms with Crippen molar-refractivity contribution in [3.8, 4) is 5.75 Å². The van der Waals surface area contributed by atoms with Crippen LogP contribution in [0.25, 0.3) is 0 Å². The van der Waals surface area contributed by atoms with Crippen molar-refractivity contribution in [2.24, 2.45) is 5.92 Å². The summed E-state index contributed by atoms with van der Waals surface area (Å²) < 4.78 is 10.8. The molecule has 5 rings (SSSR count). The Morgan fingerprint density at radius 2 is 2.06 bits per heavy atom. The molecule has 2 aromatic rings. The van der Waals surface area contributed by atoms with Crippen LogP contribution < -0.4 is 20.3 Å². The van der Waals surface area contributed by atoms with Gasteiger partial charge in [0.25, 0.3) is 12.4 Å². The number of benzene rings is 1. The molecule has 0 saturated carbocycles. The van der Waals surface area contributed by atoms with Gasteiger partial charge >= 0.3 is 6.09 Å². The number of cyclic esters (lactones) is 1. The fraction of sp³-hybridized carbons (Fsp3) is 0.364. The topological polar surface area (TPSA) is 130 Å². The highest BCUT2D eigenvalue weighted by Crippen LogP contribution is 2.32. The Labute approximate surface area is 194 Å². The van der Waals surface area contributed by atoms with Crippen LogP contribution in [0, 0.1) is 5.92 Å². The van der Waals surface area contributed by atoms with Crippen LogP contribution in [0.1, 0.15) is 11.1 Å². The summed E-state index contributed by atoms with van der Waals surface area (Å²) in [7, 11) is 0. The van der Waals surface area contributed by atoms with Crippen molar-refractivity contribution in [3.63, 3.8) is 0 Å². The van der Waals surface area contributed by atoms with Gasteiger partial charge in [0.15, 0.2) is 18.2 Å². The first-order chi connectivity index (χ1) is 16.0. The fourth-order valence-electron chi connectivity index (χ4n) is 4.21. The fourth-order valence-corrected chi connectivity index (χ4v) is 4.48. The molecular formula is C22H23ClN4O6. The first-order valence-electron chi connectivity index (χ1n) is 10.4. The lowest BCUT2D eigenvalue weighted by Crippen LogP contribution is -2.34. The van der Waals surface area contributed by atoms with Gasteiger partial charge in [-0.25, -0.2) is 9.78 Å². The molecule has 2 atom stereocenters. The highest BCUT2D eigenvalue weighted by Gasteiger charge is 2.34. The van der Waals surface area contributed by atoms with Crippen LogP contribution in [0.15, 0.2) is 30.3 Å². The largest absolute Gasteiger partial charge is 0.483 e. The van der Waals surface area contributed by atoms with Gasteiger partial charge < -0.3 is 25.2 Å². The Bertz CT molecular complexity index is 1070. The van der Waals surface area contributed by atoms with E-state index >= 15 is 0 Å². The van der Waals surface area contributed by atoms with Gasteiger partial charge in [0, 0.05) is 11.6 Å². The summed E-state index contributed by atoms with van der Waals surface area (Å²) in [6.07, 6.45) is 1.25. The third-order valence-corrected chi connectivity index (χ3v) is 5.99. The standard InChI is InChI=1S/C21H21ClN4O4.CH2O2/c22-16-3-1-2-13-6-12(7-15(13)16)8-23-9-14-10-26(21(28)30-14)18-5-4-17-20(24-18)25-19(27)11-29-17;2-1-3/h1-5,12,14,23H,6-11H2,(H,24,25,27);1H,(H,2,3). The number of carbonyl (C=O) groups is 3. The molecule has 0 spiro atoms. The molecule has 1 saturated heterocycles. The number of halogens is 1. The van der Waals surface area contributed by atoms with E-state index in [4.69, 9.17) is 31.0 Å². The predicted molar refractivity (Wildman–Crippen MR) is 120 cm³/mol. The van der Waals surface area contributed by atoms with Crippen molar-refractivity contribution in [1.82, 2.24) is 10.3 Å². The zero-order valence-electron chi connectivity index (χ0n) is 17.6. The number of hydrogen-bond donors (Lipinski definition) is 3. The molecule has 2 unspecified atom stereocenters. The van der Waals surface area contributed by atoms with Crippen LogP contribution in [0.3, 0.4) is 0 Å². The molecule has 1 fully saturated rings. The molecule has 1 aromatic carbocycles. The molecule has 11 heteroatoms. The summed E-state index contributed by atoms with van der Waals surface area (Å²) in [4.78, 5) is 38.0. The smallest absolute Gasteiger partial charge is 0.416 e. The van der Waals surface area contributed by atoms with E-state index in [1.807, 2.05) is 12.1 Å². The Kier molecular flexibility index (Phi) is 6.95. The summed E-state index contributed by atoms with van der Waals surface area (Å²) in [6.45, 7) is 1.50. The molecule has 3 N–H and O–H groups in total. The normalized spacial score (nSPS) is 20.6. The lowest BCUT2D eigenvalue weighted by Gasteiger charge is -2.19. The van der Waals surface area contributed by atoms with Crippen LogP contribution in [-0.4, -0.2) is 60.9 Å². The number of carboxylic acid groups (broad SMARTS) is 1. The SMILES string of the molecule is O=C1COc2ccc(N3CC(CNCC4Cc5cccc(Cl)c5C4)OC3=O)nc2N1.O=CO. The van der Waals surface area contributed by atoms with Crippen molar-refractivity contribution in [1.29, 1.82) is 0 Å². The third kappa shape index (κ3) is 5.18. The van der Waals surface area contributed by atoms with E-state index in [2.05, 4.69) is 21.7 Å². The van der Waals surface area contributed by atoms with Gasteiger partial charge in [0.05, 0.1) is 6.54 Å². The number of hydrogen-bond acceptors (Lipinski definition) is 7. The molecule has 10 nitrogen and oxygen atoms in total. The minimum Gasteiger partial charge on any atom is -0.483 e. The van der Waals surface area contributed by atoms with E-state index in [9.17, 15) is 9.59 Å². The molecule has 2 amide bonds. The third-order valence-electron chi connectivity index (χ3n) is 5.63. The van der Waals surface area contributed by atoms with E-state index in [0.29, 0.717) is 36.4 Å². The lowest BCUT2D eigenvalue weighted by molar-refractivity contribution is -0.123. The zero-order chi connectivity index (χ0) is 23.4. The number of rotatable bonds is 5. The quantitative estimate of drug-likeness (QED) is 0.562. The number of amides is 2. The molecule has 174 valence electrons. The van der Waals surface area contributed by atoms with Crippen molar-refractivity contribution in [3.05, 3.63) is 46.5 Å². The first kappa shape index (κ1) is 22.8. The second-order valence-corrected chi connectivity index (χ2v) is 8.29.